The second-order valence-corrected chi connectivity index (χ2v) is 5.93. The van der Waals surface area contributed by atoms with Crippen LogP contribution in [0.2, 0.25) is 0 Å². The molecule has 2 aromatic carbocycles. The summed E-state index contributed by atoms with van der Waals surface area (Å²) in [5.41, 5.74) is 0.932. The molecule has 0 radical (unpaired) electrons. The van der Waals surface area contributed by atoms with Crippen LogP contribution in [0.5, 0.6) is 11.5 Å². The molecule has 0 unspecified atom stereocenters. The van der Waals surface area contributed by atoms with Crippen molar-refractivity contribution in [3.8, 4) is 11.5 Å². The molecule has 0 fully saturated rings. The van der Waals surface area contributed by atoms with Gasteiger partial charge in [0.2, 0.25) is 5.90 Å². The van der Waals surface area contributed by atoms with Gasteiger partial charge in [0.05, 0.1) is 19.3 Å². The third-order valence-electron chi connectivity index (χ3n) is 3.97. The predicted molar refractivity (Wildman–Crippen MR) is 100 cm³/mol. The quantitative estimate of drug-likeness (QED) is 0.413. The number of esters is 1. The first kappa shape index (κ1) is 18.6. The maximum absolute atomic E-state index is 13.9. The molecular formula is C21H20FNO4. The standard InChI is InChI=1S/C21H20FNO4/c1-3-4-11-26-18-10-9-14(13-19(18)25-2)12-17-21(24)27-20(23-17)15-7-5-6-8-16(15)22/h5-10,12-13H,3-4,11H2,1-2H3. The molecule has 3 rings (SSSR count). The molecule has 0 atom stereocenters. The van der Waals surface area contributed by atoms with Crippen LogP contribution in [0.4, 0.5) is 4.39 Å². The molecule has 0 aromatic heterocycles. The van der Waals surface area contributed by atoms with E-state index < -0.39 is 11.8 Å². The first-order chi connectivity index (χ1) is 13.1. The van der Waals surface area contributed by atoms with Gasteiger partial charge in [0.15, 0.2) is 17.2 Å². The van der Waals surface area contributed by atoms with Crippen LogP contribution in [0.25, 0.3) is 6.08 Å². The summed E-state index contributed by atoms with van der Waals surface area (Å²) >= 11 is 0. The number of hydrogen-bond acceptors (Lipinski definition) is 5. The number of carbonyl (C=O) groups excluding carboxylic acids is 1. The lowest BCUT2D eigenvalue weighted by molar-refractivity contribution is -0.129. The predicted octanol–water partition coefficient (Wildman–Crippen LogP) is 4.36. The topological polar surface area (TPSA) is 57.1 Å². The average Bonchev–Trinajstić information content (AvgIpc) is 3.03. The Bertz CT molecular complexity index is 905. The van der Waals surface area contributed by atoms with Gasteiger partial charge < -0.3 is 14.2 Å². The van der Waals surface area contributed by atoms with Crippen molar-refractivity contribution in [2.45, 2.75) is 19.8 Å². The van der Waals surface area contributed by atoms with Crippen LogP contribution in [0.3, 0.4) is 0 Å². The Morgan fingerprint density at radius 1 is 1.19 bits per heavy atom. The first-order valence-electron chi connectivity index (χ1n) is 8.70. The van der Waals surface area contributed by atoms with Gasteiger partial charge in [-0.3, -0.25) is 0 Å². The van der Waals surface area contributed by atoms with Crippen LogP contribution in [0.15, 0.2) is 53.2 Å². The Hall–Kier alpha value is -3.15. The molecule has 6 heteroatoms. The van der Waals surface area contributed by atoms with E-state index in [0.717, 1.165) is 12.8 Å². The highest BCUT2D eigenvalue weighted by molar-refractivity contribution is 6.12. The lowest BCUT2D eigenvalue weighted by atomic mass is 10.1. The van der Waals surface area contributed by atoms with E-state index in [9.17, 15) is 9.18 Å². The van der Waals surface area contributed by atoms with Crippen LogP contribution in [-0.2, 0) is 9.53 Å². The normalized spacial score (nSPS) is 14.9. The largest absolute Gasteiger partial charge is 0.493 e. The van der Waals surface area contributed by atoms with E-state index in [1.54, 1.807) is 43.5 Å². The molecular weight excluding hydrogens is 349 g/mol. The second-order valence-electron chi connectivity index (χ2n) is 5.93. The lowest BCUT2D eigenvalue weighted by Crippen LogP contribution is -2.07. The Labute approximate surface area is 157 Å². The van der Waals surface area contributed by atoms with E-state index >= 15 is 0 Å². The van der Waals surface area contributed by atoms with Gasteiger partial charge in [-0.1, -0.05) is 31.5 Å². The van der Waals surface area contributed by atoms with Crippen molar-refractivity contribution in [3.05, 3.63) is 65.1 Å². The summed E-state index contributed by atoms with van der Waals surface area (Å²) in [6.45, 7) is 2.70. The second kappa shape index (κ2) is 8.49. The van der Waals surface area contributed by atoms with E-state index in [2.05, 4.69) is 11.9 Å². The number of unbranched alkanes of at least 4 members (excludes halogenated alkanes) is 1. The highest BCUT2D eigenvalue weighted by atomic mass is 19.1. The Kier molecular flexibility index (Phi) is 5.86. The number of benzene rings is 2. The average molecular weight is 369 g/mol. The van der Waals surface area contributed by atoms with Gasteiger partial charge in [0.1, 0.15) is 5.82 Å². The number of halogens is 1. The Morgan fingerprint density at radius 2 is 2.00 bits per heavy atom. The van der Waals surface area contributed by atoms with Crippen molar-refractivity contribution in [2.75, 3.05) is 13.7 Å². The summed E-state index contributed by atoms with van der Waals surface area (Å²) in [7, 11) is 1.55. The third-order valence-corrected chi connectivity index (χ3v) is 3.97. The molecule has 1 heterocycles. The van der Waals surface area contributed by atoms with E-state index in [1.807, 2.05) is 0 Å². The van der Waals surface area contributed by atoms with Crippen LogP contribution >= 0.6 is 0 Å². The molecule has 2 aromatic rings. The van der Waals surface area contributed by atoms with Crippen molar-refractivity contribution in [2.24, 2.45) is 4.99 Å². The summed E-state index contributed by atoms with van der Waals surface area (Å²) in [4.78, 5) is 16.2. The molecule has 0 spiro atoms. The van der Waals surface area contributed by atoms with Crippen LogP contribution in [0, 0.1) is 5.82 Å². The zero-order valence-electron chi connectivity index (χ0n) is 15.2. The zero-order chi connectivity index (χ0) is 19.2. The first-order valence-corrected chi connectivity index (χ1v) is 8.70. The number of rotatable bonds is 7. The molecule has 140 valence electrons. The smallest absolute Gasteiger partial charge is 0.363 e. The molecule has 1 aliphatic rings. The van der Waals surface area contributed by atoms with Gasteiger partial charge in [0, 0.05) is 0 Å². The van der Waals surface area contributed by atoms with Crippen molar-refractivity contribution < 1.29 is 23.4 Å². The summed E-state index contributed by atoms with van der Waals surface area (Å²) < 4.78 is 30.0. The van der Waals surface area contributed by atoms with Crippen LogP contribution in [-0.4, -0.2) is 25.6 Å². The van der Waals surface area contributed by atoms with Crippen LogP contribution < -0.4 is 9.47 Å². The van der Waals surface area contributed by atoms with E-state index in [-0.39, 0.29) is 17.2 Å². The number of ether oxygens (including phenoxy) is 3. The van der Waals surface area contributed by atoms with Gasteiger partial charge in [-0.15, -0.1) is 0 Å². The van der Waals surface area contributed by atoms with E-state index in [0.29, 0.717) is 23.7 Å². The fourth-order valence-corrected chi connectivity index (χ4v) is 2.54. The third kappa shape index (κ3) is 4.34. The van der Waals surface area contributed by atoms with Crippen molar-refractivity contribution >= 4 is 17.9 Å². The molecule has 0 aliphatic carbocycles. The van der Waals surface area contributed by atoms with E-state index in [1.165, 1.54) is 12.1 Å². The van der Waals surface area contributed by atoms with Gasteiger partial charge in [-0.25, -0.2) is 14.2 Å². The molecule has 1 aliphatic heterocycles. The van der Waals surface area contributed by atoms with Gasteiger partial charge in [-0.05, 0) is 42.3 Å². The number of hydrogen-bond donors (Lipinski definition) is 0. The van der Waals surface area contributed by atoms with Crippen molar-refractivity contribution in [1.82, 2.24) is 0 Å². The molecule has 0 saturated carbocycles. The number of cyclic esters (lactones) is 1. The van der Waals surface area contributed by atoms with Crippen LogP contribution in [0.1, 0.15) is 30.9 Å². The van der Waals surface area contributed by atoms with Gasteiger partial charge in [0.25, 0.3) is 0 Å². The minimum Gasteiger partial charge on any atom is -0.493 e. The monoisotopic (exact) mass is 369 g/mol. The minimum absolute atomic E-state index is 0.0455. The summed E-state index contributed by atoms with van der Waals surface area (Å²) in [6.07, 6.45) is 3.56. The molecule has 0 N–H and O–H groups in total. The highest BCUT2D eigenvalue weighted by Crippen LogP contribution is 2.30. The highest BCUT2D eigenvalue weighted by Gasteiger charge is 2.26. The van der Waals surface area contributed by atoms with Crippen molar-refractivity contribution in [3.63, 3.8) is 0 Å². The SMILES string of the molecule is CCCCOc1ccc(C=C2N=C(c3ccccc3F)OC2=O)cc1OC. The summed E-state index contributed by atoms with van der Waals surface area (Å²) in [6, 6.07) is 11.3. The van der Waals surface area contributed by atoms with E-state index in [4.69, 9.17) is 14.2 Å². The number of carbonyl (C=O) groups is 1. The number of nitrogens with zero attached hydrogens (tertiary/aromatic N) is 1. The molecule has 27 heavy (non-hydrogen) atoms. The Balaban J connectivity index is 1.85. The number of methoxy groups -OCH3 is 1. The maximum Gasteiger partial charge on any atom is 0.363 e. The molecule has 5 nitrogen and oxygen atoms in total. The number of aliphatic imine (C=N–C) groups is 1. The molecule has 0 amide bonds. The fraction of sp³-hybridized carbons (Fsp3) is 0.238. The summed E-state index contributed by atoms with van der Waals surface area (Å²) in [5, 5.41) is 0. The molecule has 0 bridgehead atoms. The fourth-order valence-electron chi connectivity index (χ4n) is 2.54. The van der Waals surface area contributed by atoms with Gasteiger partial charge >= 0.3 is 5.97 Å². The summed E-state index contributed by atoms with van der Waals surface area (Å²) in [5.74, 6) is 0.0228. The zero-order valence-corrected chi connectivity index (χ0v) is 15.2. The van der Waals surface area contributed by atoms with Gasteiger partial charge in [-0.2, -0.15) is 0 Å². The Morgan fingerprint density at radius 3 is 2.74 bits per heavy atom. The van der Waals surface area contributed by atoms with Crippen molar-refractivity contribution in [1.29, 1.82) is 0 Å². The molecule has 0 saturated heterocycles. The lowest BCUT2D eigenvalue weighted by Gasteiger charge is -2.10. The maximum atomic E-state index is 13.9. The minimum atomic E-state index is -0.629.